The van der Waals surface area contributed by atoms with Crippen LogP contribution in [-0.2, 0) is 14.8 Å². The fraction of sp³-hybridized carbons (Fsp3) is 0.381. The Morgan fingerprint density at radius 2 is 1.83 bits per heavy atom. The number of morpholine rings is 1. The van der Waals surface area contributed by atoms with Crippen molar-refractivity contribution < 1.29 is 17.9 Å². The number of sulfonamides is 1. The van der Waals surface area contributed by atoms with Crippen LogP contribution >= 0.6 is 0 Å². The van der Waals surface area contributed by atoms with Crippen LogP contribution in [-0.4, -0.2) is 58.6 Å². The topological polar surface area (TPSA) is 87.7 Å². The Morgan fingerprint density at radius 3 is 2.55 bits per heavy atom. The largest absolute Gasteiger partial charge is 0.379 e. The Morgan fingerprint density at radius 1 is 1.10 bits per heavy atom. The summed E-state index contributed by atoms with van der Waals surface area (Å²) < 4.78 is 32.9. The maximum Gasteiger partial charge on any atom is 0.261 e. The minimum absolute atomic E-state index is 0.182. The predicted octanol–water partition coefficient (Wildman–Crippen LogP) is 2.25. The molecule has 0 spiro atoms. The molecule has 2 aromatic rings. The molecule has 0 radical (unpaired) electrons. The molecule has 0 aromatic heterocycles. The third-order valence-electron chi connectivity index (χ3n) is 4.75. The van der Waals surface area contributed by atoms with Crippen LogP contribution in [0.15, 0.2) is 53.4 Å². The summed E-state index contributed by atoms with van der Waals surface area (Å²) in [5.74, 6) is -0.219. The Labute approximate surface area is 172 Å². The summed E-state index contributed by atoms with van der Waals surface area (Å²) >= 11 is 0. The van der Waals surface area contributed by atoms with Crippen molar-refractivity contribution in [1.29, 1.82) is 0 Å². The Bertz CT molecular complexity index is 923. The van der Waals surface area contributed by atoms with Crippen LogP contribution in [0.5, 0.6) is 0 Å². The van der Waals surface area contributed by atoms with E-state index in [-0.39, 0.29) is 10.8 Å². The van der Waals surface area contributed by atoms with E-state index in [1.807, 2.05) is 6.92 Å². The second-order valence-corrected chi connectivity index (χ2v) is 8.75. The predicted molar refractivity (Wildman–Crippen MR) is 113 cm³/mol. The minimum atomic E-state index is -3.70. The highest BCUT2D eigenvalue weighted by molar-refractivity contribution is 7.92. The minimum Gasteiger partial charge on any atom is -0.379 e. The first-order valence-corrected chi connectivity index (χ1v) is 11.2. The van der Waals surface area contributed by atoms with Gasteiger partial charge >= 0.3 is 0 Å². The van der Waals surface area contributed by atoms with E-state index in [9.17, 15) is 13.2 Å². The van der Waals surface area contributed by atoms with Gasteiger partial charge in [-0.15, -0.1) is 0 Å². The Balaban J connectivity index is 1.54. The summed E-state index contributed by atoms with van der Waals surface area (Å²) in [5.41, 5.74) is 1.75. The van der Waals surface area contributed by atoms with Gasteiger partial charge in [0.1, 0.15) is 0 Å². The van der Waals surface area contributed by atoms with E-state index in [4.69, 9.17) is 4.74 Å². The molecule has 3 rings (SSSR count). The van der Waals surface area contributed by atoms with Crippen LogP contribution in [0.4, 0.5) is 5.69 Å². The summed E-state index contributed by atoms with van der Waals surface area (Å²) in [6.45, 7) is 6.76. The average Bonchev–Trinajstić information content (AvgIpc) is 2.72. The van der Waals surface area contributed by atoms with Gasteiger partial charge in [-0.25, -0.2) is 8.42 Å². The van der Waals surface area contributed by atoms with E-state index in [1.165, 1.54) is 0 Å². The molecule has 8 heteroatoms. The van der Waals surface area contributed by atoms with Gasteiger partial charge < -0.3 is 10.1 Å². The third kappa shape index (κ3) is 6.28. The smallest absolute Gasteiger partial charge is 0.261 e. The zero-order valence-corrected chi connectivity index (χ0v) is 17.4. The molecule has 1 aliphatic rings. The van der Waals surface area contributed by atoms with E-state index >= 15 is 0 Å². The summed E-state index contributed by atoms with van der Waals surface area (Å²) in [7, 11) is -3.70. The second-order valence-electron chi connectivity index (χ2n) is 7.06. The van der Waals surface area contributed by atoms with Crippen LogP contribution in [0, 0.1) is 6.92 Å². The molecule has 0 unspecified atom stereocenters. The van der Waals surface area contributed by atoms with Crippen molar-refractivity contribution in [3.8, 4) is 0 Å². The number of nitrogens with zero attached hydrogens (tertiary/aromatic N) is 1. The van der Waals surface area contributed by atoms with Crippen molar-refractivity contribution in [2.45, 2.75) is 18.2 Å². The third-order valence-corrected chi connectivity index (χ3v) is 6.15. The lowest BCUT2D eigenvalue weighted by Crippen LogP contribution is -2.38. The lowest BCUT2D eigenvalue weighted by Gasteiger charge is -2.26. The first-order chi connectivity index (χ1) is 13.9. The number of amides is 1. The van der Waals surface area contributed by atoms with Gasteiger partial charge in [0, 0.05) is 30.9 Å². The summed E-state index contributed by atoms with van der Waals surface area (Å²) in [4.78, 5) is 14.9. The number of benzene rings is 2. The molecule has 0 saturated carbocycles. The molecule has 0 aliphatic carbocycles. The van der Waals surface area contributed by atoms with E-state index in [1.54, 1.807) is 48.5 Å². The van der Waals surface area contributed by atoms with Gasteiger partial charge in [0.15, 0.2) is 0 Å². The van der Waals surface area contributed by atoms with Crippen molar-refractivity contribution in [3.05, 3.63) is 59.7 Å². The first kappa shape index (κ1) is 21.3. The number of rotatable bonds is 8. The lowest BCUT2D eigenvalue weighted by atomic mass is 10.2. The molecule has 1 fully saturated rings. The summed E-state index contributed by atoms with van der Waals surface area (Å²) in [5, 5.41) is 2.89. The van der Waals surface area contributed by atoms with Gasteiger partial charge in [0.25, 0.3) is 15.9 Å². The molecule has 156 valence electrons. The number of hydrogen-bond acceptors (Lipinski definition) is 5. The monoisotopic (exact) mass is 417 g/mol. The van der Waals surface area contributed by atoms with Crippen molar-refractivity contribution in [2.24, 2.45) is 0 Å². The number of nitrogens with one attached hydrogen (secondary N) is 2. The number of anilines is 1. The summed E-state index contributed by atoms with van der Waals surface area (Å²) in [6, 6.07) is 13.1. The SMILES string of the molecule is Cc1ccc(S(=O)(=O)Nc2cccc(C(=O)NCCCN3CCOCC3)c2)cc1. The molecule has 1 aliphatic heterocycles. The molecule has 2 aromatic carbocycles. The molecule has 7 nitrogen and oxygen atoms in total. The van der Waals surface area contributed by atoms with Crippen LogP contribution in [0.2, 0.25) is 0 Å². The molecule has 1 saturated heterocycles. The van der Waals surface area contributed by atoms with Crippen molar-refractivity contribution in [3.63, 3.8) is 0 Å². The van der Waals surface area contributed by atoms with Gasteiger partial charge in [-0.2, -0.15) is 0 Å². The van der Waals surface area contributed by atoms with Gasteiger partial charge in [-0.1, -0.05) is 23.8 Å². The quantitative estimate of drug-likeness (QED) is 0.643. The Hall–Kier alpha value is -2.42. The number of hydrogen-bond donors (Lipinski definition) is 2. The number of carbonyl (C=O) groups is 1. The standard InChI is InChI=1S/C21H27N3O4S/c1-17-6-8-20(9-7-17)29(26,27)23-19-5-2-4-18(16-19)21(25)22-10-3-11-24-12-14-28-15-13-24/h2,4-9,16,23H,3,10-15H2,1H3,(H,22,25). The van der Waals surface area contributed by atoms with Crippen molar-refractivity contribution in [2.75, 3.05) is 44.1 Å². The fourth-order valence-electron chi connectivity index (χ4n) is 3.09. The lowest BCUT2D eigenvalue weighted by molar-refractivity contribution is 0.0374. The van der Waals surface area contributed by atoms with E-state index < -0.39 is 10.0 Å². The van der Waals surface area contributed by atoms with Gasteiger partial charge in [0.05, 0.1) is 18.1 Å². The number of ether oxygens (including phenoxy) is 1. The Kier molecular flexibility index (Phi) is 7.24. The van der Waals surface area contributed by atoms with E-state index in [2.05, 4.69) is 14.9 Å². The van der Waals surface area contributed by atoms with Crippen LogP contribution in [0.25, 0.3) is 0 Å². The molecule has 29 heavy (non-hydrogen) atoms. The second kappa shape index (κ2) is 9.87. The molecule has 0 bridgehead atoms. The molecular formula is C21H27N3O4S. The van der Waals surface area contributed by atoms with E-state index in [0.717, 1.165) is 44.8 Å². The highest BCUT2D eigenvalue weighted by atomic mass is 32.2. The highest BCUT2D eigenvalue weighted by Gasteiger charge is 2.15. The average molecular weight is 418 g/mol. The molecule has 1 amide bonds. The van der Waals surface area contributed by atoms with Crippen LogP contribution < -0.4 is 10.0 Å². The van der Waals surface area contributed by atoms with E-state index in [0.29, 0.717) is 17.8 Å². The van der Waals surface area contributed by atoms with Crippen LogP contribution in [0.3, 0.4) is 0 Å². The number of aryl methyl sites for hydroxylation is 1. The zero-order chi connectivity index (χ0) is 20.7. The maximum absolute atomic E-state index is 12.5. The van der Waals surface area contributed by atoms with Gasteiger partial charge in [0.2, 0.25) is 0 Å². The fourth-order valence-corrected chi connectivity index (χ4v) is 4.14. The maximum atomic E-state index is 12.5. The molecule has 2 N–H and O–H groups in total. The molecule has 0 atom stereocenters. The molecule has 1 heterocycles. The number of carbonyl (C=O) groups excluding carboxylic acids is 1. The first-order valence-electron chi connectivity index (χ1n) is 9.72. The molecular weight excluding hydrogens is 390 g/mol. The van der Waals surface area contributed by atoms with Crippen LogP contribution in [0.1, 0.15) is 22.3 Å². The van der Waals surface area contributed by atoms with Crippen molar-refractivity contribution >= 4 is 21.6 Å². The van der Waals surface area contributed by atoms with Gasteiger partial charge in [-0.05, 0) is 50.2 Å². The van der Waals surface area contributed by atoms with Gasteiger partial charge in [-0.3, -0.25) is 14.4 Å². The zero-order valence-electron chi connectivity index (χ0n) is 16.6. The normalized spacial score (nSPS) is 15.1. The highest BCUT2D eigenvalue weighted by Crippen LogP contribution is 2.18. The summed E-state index contributed by atoms with van der Waals surface area (Å²) in [6.07, 6.45) is 0.853. The van der Waals surface area contributed by atoms with Crippen molar-refractivity contribution in [1.82, 2.24) is 10.2 Å².